The molecule has 0 fully saturated rings. The van der Waals surface area contributed by atoms with Gasteiger partial charge < -0.3 is 9.47 Å². The second-order valence-electron chi connectivity index (χ2n) is 5.15. The first-order valence-electron chi connectivity index (χ1n) is 8.28. The van der Waals surface area contributed by atoms with Gasteiger partial charge in [-0.3, -0.25) is 4.79 Å². The van der Waals surface area contributed by atoms with E-state index in [0.29, 0.717) is 32.7 Å². The van der Waals surface area contributed by atoms with E-state index in [4.69, 9.17) is 9.47 Å². The van der Waals surface area contributed by atoms with Crippen molar-refractivity contribution in [2.75, 3.05) is 32.9 Å². The first kappa shape index (κ1) is 20.6. The van der Waals surface area contributed by atoms with Gasteiger partial charge in [-0.2, -0.15) is 4.31 Å². The molecule has 6 nitrogen and oxygen atoms in total. The molecule has 0 amide bonds. The zero-order chi connectivity index (χ0) is 18.0. The van der Waals surface area contributed by atoms with Crippen LogP contribution in [0.3, 0.4) is 0 Å². The number of carbonyl (C=O) groups is 1. The fourth-order valence-corrected chi connectivity index (χ4v) is 3.68. The Hall–Kier alpha value is -1.44. The number of esters is 1. The van der Waals surface area contributed by atoms with Crippen molar-refractivity contribution in [3.63, 3.8) is 0 Å². The van der Waals surface area contributed by atoms with Gasteiger partial charge in [-0.05, 0) is 31.0 Å². The second-order valence-corrected chi connectivity index (χ2v) is 7.09. The molecule has 136 valence electrons. The molecule has 1 aromatic rings. The monoisotopic (exact) mass is 357 g/mol. The first-order chi connectivity index (χ1) is 11.5. The number of hydrogen-bond donors (Lipinski definition) is 0. The zero-order valence-corrected chi connectivity index (χ0v) is 15.5. The lowest BCUT2D eigenvalue weighted by Gasteiger charge is -2.18. The molecule has 0 unspecified atom stereocenters. The second kappa shape index (κ2) is 10.4. The number of ether oxygens (including phenoxy) is 2. The van der Waals surface area contributed by atoms with Crippen molar-refractivity contribution >= 4 is 16.0 Å². The summed E-state index contributed by atoms with van der Waals surface area (Å²) in [4.78, 5) is 11.9. The van der Waals surface area contributed by atoms with Crippen LogP contribution in [0.1, 0.15) is 32.8 Å². The molecule has 0 heterocycles. The minimum atomic E-state index is -3.44. The normalized spacial score (nSPS) is 11.7. The van der Waals surface area contributed by atoms with Crippen LogP contribution in [0.5, 0.6) is 0 Å². The lowest BCUT2D eigenvalue weighted by atomic mass is 10.1. The van der Waals surface area contributed by atoms with Gasteiger partial charge in [0, 0.05) is 26.1 Å². The Morgan fingerprint density at radius 2 is 1.67 bits per heavy atom. The molecule has 0 atom stereocenters. The maximum Gasteiger partial charge on any atom is 0.306 e. The molecule has 0 aromatic heterocycles. The van der Waals surface area contributed by atoms with Gasteiger partial charge in [-0.15, -0.1) is 0 Å². The van der Waals surface area contributed by atoms with E-state index in [0.717, 1.165) is 5.56 Å². The van der Waals surface area contributed by atoms with Gasteiger partial charge in [-0.25, -0.2) is 8.42 Å². The molecule has 0 bridgehead atoms. The summed E-state index contributed by atoms with van der Waals surface area (Å²) in [5.41, 5.74) is 0.898. The minimum Gasteiger partial charge on any atom is -0.463 e. The van der Waals surface area contributed by atoms with Crippen LogP contribution in [-0.4, -0.2) is 51.6 Å². The molecule has 0 radical (unpaired) electrons. The summed E-state index contributed by atoms with van der Waals surface area (Å²) < 4.78 is 36.3. The van der Waals surface area contributed by atoms with Gasteiger partial charge in [0.25, 0.3) is 0 Å². The summed E-state index contributed by atoms with van der Waals surface area (Å²) in [6.07, 6.45) is 0.771. The number of nitrogens with zero attached hydrogens (tertiary/aromatic N) is 1. The largest absolute Gasteiger partial charge is 0.463 e. The highest BCUT2D eigenvalue weighted by Crippen LogP contribution is 2.17. The van der Waals surface area contributed by atoms with Gasteiger partial charge in [0.1, 0.15) is 6.61 Å². The highest BCUT2D eigenvalue weighted by atomic mass is 32.2. The molecule has 0 spiro atoms. The predicted octanol–water partition coefficient (Wildman–Crippen LogP) is 2.23. The van der Waals surface area contributed by atoms with E-state index in [2.05, 4.69) is 0 Å². The van der Waals surface area contributed by atoms with E-state index < -0.39 is 10.0 Å². The Morgan fingerprint density at radius 1 is 1.04 bits per heavy atom. The summed E-state index contributed by atoms with van der Waals surface area (Å²) in [6, 6.07) is 6.65. The molecule has 1 rings (SSSR count). The Labute approximate surface area is 144 Å². The van der Waals surface area contributed by atoms with Crippen LogP contribution in [0.4, 0.5) is 0 Å². The number of aryl methyl sites for hydroxylation is 1. The maximum atomic E-state index is 12.4. The molecule has 0 saturated carbocycles. The van der Waals surface area contributed by atoms with E-state index in [1.807, 2.05) is 20.8 Å². The standard InChI is InChI=1S/C17H27NO5S/c1-4-18(5-2)24(20,21)16-10-7-15(8-11-16)9-12-17(19)23-14-13-22-6-3/h7-8,10-11H,4-6,9,12-14H2,1-3H3. The molecule has 0 saturated heterocycles. The lowest BCUT2D eigenvalue weighted by molar-refractivity contribution is -0.145. The average molecular weight is 357 g/mol. The SMILES string of the molecule is CCOCCOC(=O)CCc1ccc(S(=O)(=O)N(CC)CC)cc1. The van der Waals surface area contributed by atoms with Crippen LogP contribution in [0, 0.1) is 0 Å². The third-order valence-electron chi connectivity index (χ3n) is 3.58. The van der Waals surface area contributed by atoms with Gasteiger partial charge >= 0.3 is 5.97 Å². The van der Waals surface area contributed by atoms with E-state index in [-0.39, 0.29) is 23.9 Å². The van der Waals surface area contributed by atoms with Crippen molar-refractivity contribution in [1.82, 2.24) is 4.31 Å². The first-order valence-corrected chi connectivity index (χ1v) is 9.72. The van der Waals surface area contributed by atoms with Crippen LogP contribution < -0.4 is 0 Å². The molecule has 0 N–H and O–H groups in total. The fourth-order valence-electron chi connectivity index (χ4n) is 2.22. The molecule has 0 aliphatic rings. The highest BCUT2D eigenvalue weighted by Gasteiger charge is 2.21. The summed E-state index contributed by atoms with van der Waals surface area (Å²) in [5, 5.41) is 0. The number of benzene rings is 1. The Bertz CT molecular complexity index is 594. The number of sulfonamides is 1. The van der Waals surface area contributed by atoms with Crippen molar-refractivity contribution in [2.45, 2.75) is 38.5 Å². The van der Waals surface area contributed by atoms with E-state index in [1.165, 1.54) is 4.31 Å². The van der Waals surface area contributed by atoms with Crippen molar-refractivity contribution in [3.8, 4) is 0 Å². The Kier molecular flexibility index (Phi) is 8.95. The molecular formula is C17H27NO5S. The molecule has 24 heavy (non-hydrogen) atoms. The summed E-state index contributed by atoms with van der Waals surface area (Å²) in [5.74, 6) is -0.283. The summed E-state index contributed by atoms with van der Waals surface area (Å²) >= 11 is 0. The molecule has 0 aliphatic heterocycles. The third kappa shape index (κ3) is 6.22. The van der Waals surface area contributed by atoms with Gasteiger partial charge in [0.05, 0.1) is 11.5 Å². The number of rotatable bonds is 11. The van der Waals surface area contributed by atoms with E-state index >= 15 is 0 Å². The summed E-state index contributed by atoms with van der Waals surface area (Å²) in [7, 11) is -3.44. The van der Waals surface area contributed by atoms with Crippen LogP contribution in [-0.2, 0) is 30.7 Å². The van der Waals surface area contributed by atoms with Gasteiger partial charge in [0.2, 0.25) is 10.0 Å². The van der Waals surface area contributed by atoms with Crippen LogP contribution in [0.2, 0.25) is 0 Å². The molecule has 0 aliphatic carbocycles. The summed E-state index contributed by atoms with van der Waals surface area (Å²) in [6.45, 7) is 7.64. The predicted molar refractivity (Wildman–Crippen MR) is 92.3 cm³/mol. The van der Waals surface area contributed by atoms with Gasteiger partial charge in [0.15, 0.2) is 0 Å². The smallest absolute Gasteiger partial charge is 0.306 e. The molecular weight excluding hydrogens is 330 g/mol. The fraction of sp³-hybridized carbons (Fsp3) is 0.588. The molecule has 1 aromatic carbocycles. The zero-order valence-electron chi connectivity index (χ0n) is 14.7. The van der Waals surface area contributed by atoms with Crippen LogP contribution in [0.15, 0.2) is 29.2 Å². The Morgan fingerprint density at radius 3 is 2.21 bits per heavy atom. The number of carbonyl (C=O) groups excluding carboxylic acids is 1. The van der Waals surface area contributed by atoms with Gasteiger partial charge in [-0.1, -0.05) is 26.0 Å². The van der Waals surface area contributed by atoms with Crippen molar-refractivity contribution in [3.05, 3.63) is 29.8 Å². The van der Waals surface area contributed by atoms with E-state index in [9.17, 15) is 13.2 Å². The topological polar surface area (TPSA) is 72.9 Å². The molecule has 7 heteroatoms. The Balaban J connectivity index is 2.55. The quantitative estimate of drug-likeness (QED) is 0.448. The third-order valence-corrected chi connectivity index (χ3v) is 5.64. The van der Waals surface area contributed by atoms with Crippen LogP contribution in [0.25, 0.3) is 0 Å². The van der Waals surface area contributed by atoms with Crippen molar-refractivity contribution < 1.29 is 22.7 Å². The maximum absolute atomic E-state index is 12.4. The van der Waals surface area contributed by atoms with Crippen molar-refractivity contribution in [2.24, 2.45) is 0 Å². The average Bonchev–Trinajstić information content (AvgIpc) is 2.58. The minimum absolute atomic E-state index is 0.258. The lowest BCUT2D eigenvalue weighted by Crippen LogP contribution is -2.30. The highest BCUT2D eigenvalue weighted by molar-refractivity contribution is 7.89. The van der Waals surface area contributed by atoms with E-state index in [1.54, 1.807) is 24.3 Å². The number of hydrogen-bond acceptors (Lipinski definition) is 5. The van der Waals surface area contributed by atoms with Crippen LogP contribution >= 0.6 is 0 Å². The van der Waals surface area contributed by atoms with Crippen molar-refractivity contribution in [1.29, 1.82) is 0 Å².